The van der Waals surface area contributed by atoms with Gasteiger partial charge < -0.3 is 14.8 Å². The van der Waals surface area contributed by atoms with Crippen molar-refractivity contribution in [3.05, 3.63) is 0 Å². The minimum absolute atomic E-state index is 0.136. The van der Waals surface area contributed by atoms with Crippen molar-refractivity contribution in [1.29, 1.82) is 0 Å². The molecular formula is C11H21NO4. The number of amides is 1. The fourth-order valence-corrected chi connectivity index (χ4v) is 1.12. The van der Waals surface area contributed by atoms with Crippen LogP contribution < -0.4 is 5.32 Å². The topological polar surface area (TPSA) is 64.6 Å². The number of ether oxygens (including phenoxy) is 2. The summed E-state index contributed by atoms with van der Waals surface area (Å²) < 4.78 is 9.34. The lowest BCUT2D eigenvalue weighted by Crippen LogP contribution is -2.23. The van der Waals surface area contributed by atoms with E-state index in [1.165, 1.54) is 7.11 Å². The molecule has 0 aliphatic carbocycles. The molecule has 0 rings (SSSR count). The first-order valence-corrected chi connectivity index (χ1v) is 5.68. The van der Waals surface area contributed by atoms with Gasteiger partial charge >= 0.3 is 12.1 Å². The summed E-state index contributed by atoms with van der Waals surface area (Å²) in [6.07, 6.45) is 3.43. The van der Waals surface area contributed by atoms with Crippen molar-refractivity contribution in [2.24, 2.45) is 0 Å². The number of methoxy groups -OCH3 is 1. The summed E-state index contributed by atoms with van der Waals surface area (Å²) in [5.41, 5.74) is 0. The van der Waals surface area contributed by atoms with E-state index in [0.717, 1.165) is 25.7 Å². The van der Waals surface area contributed by atoms with Crippen LogP contribution in [0, 0.1) is 0 Å². The van der Waals surface area contributed by atoms with Gasteiger partial charge in [0.2, 0.25) is 0 Å². The zero-order valence-electron chi connectivity index (χ0n) is 10.1. The van der Waals surface area contributed by atoms with E-state index in [2.05, 4.69) is 10.1 Å². The number of rotatable bonds is 8. The van der Waals surface area contributed by atoms with Crippen LogP contribution in [0.15, 0.2) is 0 Å². The number of hydrogen-bond donors (Lipinski definition) is 1. The van der Waals surface area contributed by atoms with Gasteiger partial charge in [0.1, 0.15) is 0 Å². The first-order valence-electron chi connectivity index (χ1n) is 5.68. The molecule has 0 fully saturated rings. The Labute approximate surface area is 96.5 Å². The van der Waals surface area contributed by atoms with Crippen LogP contribution in [0.1, 0.15) is 39.0 Å². The van der Waals surface area contributed by atoms with Crippen molar-refractivity contribution in [3.8, 4) is 0 Å². The van der Waals surface area contributed by atoms with Gasteiger partial charge in [0.15, 0.2) is 0 Å². The van der Waals surface area contributed by atoms with E-state index in [0.29, 0.717) is 19.6 Å². The SMILES string of the molecule is CCCOC(=O)CCCCCNC(=O)OC. The van der Waals surface area contributed by atoms with E-state index in [4.69, 9.17) is 4.74 Å². The summed E-state index contributed by atoms with van der Waals surface area (Å²) in [6, 6.07) is 0. The van der Waals surface area contributed by atoms with Gasteiger partial charge in [-0.15, -0.1) is 0 Å². The highest BCUT2D eigenvalue weighted by molar-refractivity contribution is 5.69. The lowest BCUT2D eigenvalue weighted by Gasteiger charge is -2.04. The second-order valence-electron chi connectivity index (χ2n) is 3.45. The molecule has 0 aliphatic rings. The van der Waals surface area contributed by atoms with Gasteiger partial charge in [-0.3, -0.25) is 4.79 Å². The Balaban J connectivity index is 3.20. The summed E-state index contributed by atoms with van der Waals surface area (Å²) in [7, 11) is 1.33. The van der Waals surface area contributed by atoms with E-state index in [1.54, 1.807) is 0 Å². The Morgan fingerprint density at radius 3 is 2.56 bits per heavy atom. The van der Waals surface area contributed by atoms with Crippen molar-refractivity contribution in [2.75, 3.05) is 20.3 Å². The zero-order valence-corrected chi connectivity index (χ0v) is 10.1. The first kappa shape index (κ1) is 14.7. The second-order valence-corrected chi connectivity index (χ2v) is 3.45. The van der Waals surface area contributed by atoms with Crippen molar-refractivity contribution >= 4 is 12.1 Å². The second kappa shape index (κ2) is 10.3. The third kappa shape index (κ3) is 9.30. The summed E-state index contributed by atoms with van der Waals surface area (Å²) >= 11 is 0. The fourth-order valence-electron chi connectivity index (χ4n) is 1.12. The highest BCUT2D eigenvalue weighted by Crippen LogP contribution is 2.01. The van der Waals surface area contributed by atoms with Gasteiger partial charge in [-0.05, 0) is 19.3 Å². The predicted molar refractivity (Wildman–Crippen MR) is 60.1 cm³/mol. The maximum Gasteiger partial charge on any atom is 0.406 e. The molecule has 0 radical (unpaired) electrons. The molecule has 5 heteroatoms. The molecule has 0 saturated carbocycles. The normalized spacial score (nSPS) is 9.62. The van der Waals surface area contributed by atoms with Crippen LogP contribution in [0.5, 0.6) is 0 Å². The molecule has 0 saturated heterocycles. The Kier molecular flexibility index (Phi) is 9.46. The van der Waals surface area contributed by atoms with Crippen LogP contribution in [-0.2, 0) is 14.3 Å². The molecule has 1 N–H and O–H groups in total. The van der Waals surface area contributed by atoms with Crippen LogP contribution in [0.4, 0.5) is 4.79 Å². The van der Waals surface area contributed by atoms with Gasteiger partial charge in [-0.2, -0.15) is 0 Å². The molecule has 0 aromatic rings. The summed E-state index contributed by atoms with van der Waals surface area (Å²) in [5.74, 6) is -0.136. The Hall–Kier alpha value is -1.26. The van der Waals surface area contributed by atoms with Crippen LogP contribution in [0.2, 0.25) is 0 Å². The number of nitrogens with one attached hydrogen (secondary N) is 1. The summed E-state index contributed by atoms with van der Waals surface area (Å²) in [5, 5.41) is 2.58. The predicted octanol–water partition coefficient (Wildman–Crippen LogP) is 1.86. The Morgan fingerprint density at radius 1 is 1.19 bits per heavy atom. The molecule has 0 spiro atoms. The van der Waals surface area contributed by atoms with Crippen molar-refractivity contribution in [2.45, 2.75) is 39.0 Å². The van der Waals surface area contributed by atoms with E-state index < -0.39 is 6.09 Å². The van der Waals surface area contributed by atoms with Crippen molar-refractivity contribution in [3.63, 3.8) is 0 Å². The Bertz CT molecular complexity index is 206. The number of alkyl carbamates (subject to hydrolysis) is 1. The monoisotopic (exact) mass is 231 g/mol. The molecular weight excluding hydrogens is 210 g/mol. The largest absolute Gasteiger partial charge is 0.466 e. The number of carbonyl (C=O) groups is 2. The minimum atomic E-state index is -0.414. The van der Waals surface area contributed by atoms with E-state index in [-0.39, 0.29) is 5.97 Å². The van der Waals surface area contributed by atoms with Crippen molar-refractivity contribution < 1.29 is 19.1 Å². The summed E-state index contributed by atoms with van der Waals surface area (Å²) in [4.78, 5) is 21.7. The van der Waals surface area contributed by atoms with Crippen molar-refractivity contribution in [1.82, 2.24) is 5.32 Å². The Morgan fingerprint density at radius 2 is 1.94 bits per heavy atom. The fraction of sp³-hybridized carbons (Fsp3) is 0.818. The average Bonchev–Trinajstić information content (AvgIpc) is 2.30. The molecule has 0 heterocycles. The van der Waals surface area contributed by atoms with Gasteiger partial charge in [-0.25, -0.2) is 4.79 Å². The highest BCUT2D eigenvalue weighted by Gasteiger charge is 2.02. The molecule has 0 unspecified atom stereocenters. The molecule has 0 atom stereocenters. The third-order valence-electron chi connectivity index (χ3n) is 1.98. The number of carbonyl (C=O) groups excluding carboxylic acids is 2. The zero-order chi connectivity index (χ0) is 12.2. The quantitative estimate of drug-likeness (QED) is 0.511. The lowest BCUT2D eigenvalue weighted by molar-refractivity contribution is -0.143. The highest BCUT2D eigenvalue weighted by atomic mass is 16.5. The van der Waals surface area contributed by atoms with Crippen LogP contribution in [0.25, 0.3) is 0 Å². The molecule has 0 aromatic heterocycles. The van der Waals surface area contributed by atoms with Crippen LogP contribution in [0.3, 0.4) is 0 Å². The first-order chi connectivity index (χ1) is 7.70. The molecule has 0 aromatic carbocycles. The summed E-state index contributed by atoms with van der Waals surface area (Å²) in [6.45, 7) is 3.05. The molecule has 0 aliphatic heterocycles. The minimum Gasteiger partial charge on any atom is -0.466 e. The maximum absolute atomic E-state index is 11.1. The molecule has 94 valence electrons. The average molecular weight is 231 g/mol. The standard InChI is InChI=1S/C11H21NO4/c1-3-9-16-10(13)7-5-4-6-8-12-11(14)15-2/h3-9H2,1-2H3,(H,12,14). The third-order valence-corrected chi connectivity index (χ3v) is 1.98. The van der Waals surface area contributed by atoms with E-state index >= 15 is 0 Å². The molecule has 5 nitrogen and oxygen atoms in total. The lowest BCUT2D eigenvalue weighted by atomic mass is 10.2. The maximum atomic E-state index is 11.1. The van der Waals surface area contributed by atoms with Gasteiger partial charge in [0.05, 0.1) is 13.7 Å². The van der Waals surface area contributed by atoms with E-state index in [9.17, 15) is 9.59 Å². The van der Waals surface area contributed by atoms with E-state index in [1.807, 2.05) is 6.92 Å². The van der Waals surface area contributed by atoms with Crippen LogP contribution >= 0.6 is 0 Å². The van der Waals surface area contributed by atoms with Gasteiger partial charge in [-0.1, -0.05) is 13.3 Å². The number of unbranched alkanes of at least 4 members (excludes halogenated alkanes) is 2. The van der Waals surface area contributed by atoms with Gasteiger partial charge in [0.25, 0.3) is 0 Å². The number of hydrogen-bond acceptors (Lipinski definition) is 4. The molecule has 1 amide bonds. The number of esters is 1. The smallest absolute Gasteiger partial charge is 0.406 e. The van der Waals surface area contributed by atoms with Gasteiger partial charge in [0, 0.05) is 13.0 Å². The molecule has 16 heavy (non-hydrogen) atoms. The molecule has 0 bridgehead atoms. The van der Waals surface area contributed by atoms with Crippen LogP contribution in [-0.4, -0.2) is 32.3 Å².